The van der Waals surface area contributed by atoms with Crippen LogP contribution >= 0.6 is 11.6 Å². The van der Waals surface area contributed by atoms with E-state index < -0.39 is 28.5 Å². The molecular formula is C24H32ClN3O4S. The summed E-state index contributed by atoms with van der Waals surface area (Å²) in [5, 5.41) is 3.18. The number of para-hydroxylation sites is 1. The summed E-state index contributed by atoms with van der Waals surface area (Å²) in [7, 11) is -3.78. The molecule has 1 atom stereocenters. The molecule has 0 aromatic heterocycles. The van der Waals surface area contributed by atoms with Crippen molar-refractivity contribution in [2.75, 3.05) is 23.7 Å². The van der Waals surface area contributed by atoms with E-state index in [1.54, 1.807) is 50.2 Å². The highest BCUT2D eigenvalue weighted by molar-refractivity contribution is 7.92. The summed E-state index contributed by atoms with van der Waals surface area (Å²) in [6.45, 7) is 7.38. The maximum Gasteiger partial charge on any atom is 0.244 e. The quantitative estimate of drug-likeness (QED) is 0.545. The number of rotatable bonds is 10. The minimum absolute atomic E-state index is 0.0500. The molecule has 0 heterocycles. The fourth-order valence-corrected chi connectivity index (χ4v) is 4.58. The third kappa shape index (κ3) is 6.95. The van der Waals surface area contributed by atoms with Gasteiger partial charge in [-0.1, -0.05) is 61.8 Å². The van der Waals surface area contributed by atoms with Gasteiger partial charge in [-0.15, -0.1) is 0 Å². The molecule has 180 valence electrons. The van der Waals surface area contributed by atoms with E-state index in [4.69, 9.17) is 11.6 Å². The minimum Gasteiger partial charge on any atom is -0.355 e. The van der Waals surface area contributed by atoms with Gasteiger partial charge in [0.1, 0.15) is 12.6 Å². The molecule has 1 N–H and O–H groups in total. The van der Waals surface area contributed by atoms with E-state index in [-0.39, 0.29) is 18.4 Å². The lowest BCUT2D eigenvalue weighted by Gasteiger charge is -2.32. The molecule has 2 aromatic rings. The summed E-state index contributed by atoms with van der Waals surface area (Å²) in [5.74, 6) is -0.780. The third-order valence-corrected chi connectivity index (χ3v) is 6.82. The monoisotopic (exact) mass is 493 g/mol. The summed E-state index contributed by atoms with van der Waals surface area (Å²) < 4.78 is 26.6. The van der Waals surface area contributed by atoms with Crippen LogP contribution in [0.3, 0.4) is 0 Å². The largest absolute Gasteiger partial charge is 0.355 e. The second-order valence-electron chi connectivity index (χ2n) is 8.17. The lowest BCUT2D eigenvalue weighted by atomic mass is 10.0. The van der Waals surface area contributed by atoms with Gasteiger partial charge in [0.05, 0.1) is 11.9 Å². The van der Waals surface area contributed by atoms with Gasteiger partial charge in [-0.3, -0.25) is 13.9 Å². The second-order valence-corrected chi connectivity index (χ2v) is 10.5. The predicted octanol–water partition coefficient (Wildman–Crippen LogP) is 3.78. The molecule has 33 heavy (non-hydrogen) atoms. The first-order valence-electron chi connectivity index (χ1n) is 10.8. The number of nitrogens with zero attached hydrogens (tertiary/aromatic N) is 2. The Bertz CT molecular complexity index is 1090. The van der Waals surface area contributed by atoms with Gasteiger partial charge in [0, 0.05) is 18.1 Å². The first-order valence-corrected chi connectivity index (χ1v) is 13.1. The van der Waals surface area contributed by atoms with Crippen molar-refractivity contribution in [2.24, 2.45) is 0 Å². The first kappa shape index (κ1) is 26.7. The molecule has 2 aromatic carbocycles. The maximum atomic E-state index is 13.5. The smallest absolute Gasteiger partial charge is 0.244 e. The van der Waals surface area contributed by atoms with Crippen molar-refractivity contribution >= 4 is 39.1 Å². The molecule has 0 bridgehead atoms. The van der Waals surface area contributed by atoms with Crippen LogP contribution in [0.4, 0.5) is 5.69 Å². The van der Waals surface area contributed by atoms with Crippen LogP contribution in [0.2, 0.25) is 5.02 Å². The van der Waals surface area contributed by atoms with Gasteiger partial charge in [0.15, 0.2) is 0 Å². The molecule has 0 spiro atoms. The number of halogens is 1. The fraction of sp³-hybridized carbons (Fsp3) is 0.417. The van der Waals surface area contributed by atoms with Crippen molar-refractivity contribution in [3.63, 3.8) is 0 Å². The first-order chi connectivity index (χ1) is 15.5. The number of carbonyl (C=O) groups is 2. The average Bonchev–Trinajstić information content (AvgIpc) is 2.75. The van der Waals surface area contributed by atoms with Crippen LogP contribution in [0, 0.1) is 0 Å². The SMILES string of the molecule is CCNC(=O)[C@H](C)N(Cc1ccccc1Cl)C(=O)CN(c1ccccc1C(C)C)S(C)(=O)=O. The molecule has 0 fully saturated rings. The number of likely N-dealkylation sites (N-methyl/N-ethyl adjacent to an activating group) is 1. The zero-order valence-electron chi connectivity index (χ0n) is 19.7. The number of hydrogen-bond donors (Lipinski definition) is 1. The van der Waals surface area contributed by atoms with Gasteiger partial charge in [0.2, 0.25) is 21.8 Å². The second kappa shape index (κ2) is 11.5. The van der Waals surface area contributed by atoms with Crippen LogP contribution in [0.5, 0.6) is 0 Å². The number of carbonyl (C=O) groups excluding carboxylic acids is 2. The van der Waals surface area contributed by atoms with E-state index in [1.165, 1.54) is 4.90 Å². The standard InChI is InChI=1S/C24H32ClN3O4S/c1-6-26-24(30)18(4)27(15-19-11-7-9-13-21(19)25)23(29)16-28(33(5,31)32)22-14-10-8-12-20(22)17(2)3/h7-14,17-18H,6,15-16H2,1-5H3,(H,26,30)/t18-/m0/s1. The van der Waals surface area contributed by atoms with Gasteiger partial charge < -0.3 is 10.2 Å². The molecule has 0 aliphatic carbocycles. The Hall–Kier alpha value is -2.58. The molecule has 0 unspecified atom stereocenters. The molecule has 0 saturated heterocycles. The zero-order chi connectivity index (χ0) is 24.8. The Kier molecular flexibility index (Phi) is 9.31. The van der Waals surface area contributed by atoms with Crippen LogP contribution in [-0.2, 0) is 26.2 Å². The summed E-state index contributed by atoms with van der Waals surface area (Å²) in [4.78, 5) is 27.5. The van der Waals surface area contributed by atoms with E-state index in [0.717, 1.165) is 16.1 Å². The van der Waals surface area contributed by atoms with Gasteiger partial charge >= 0.3 is 0 Å². The maximum absolute atomic E-state index is 13.5. The predicted molar refractivity (Wildman–Crippen MR) is 133 cm³/mol. The molecule has 0 saturated carbocycles. The van der Waals surface area contributed by atoms with Crippen molar-refractivity contribution in [2.45, 2.75) is 46.2 Å². The Balaban J connectivity index is 2.47. The van der Waals surface area contributed by atoms with E-state index in [2.05, 4.69) is 5.32 Å². The number of nitrogens with one attached hydrogen (secondary N) is 1. The van der Waals surface area contributed by atoms with Crippen LogP contribution < -0.4 is 9.62 Å². The highest BCUT2D eigenvalue weighted by Gasteiger charge is 2.31. The lowest BCUT2D eigenvalue weighted by Crippen LogP contribution is -2.51. The van der Waals surface area contributed by atoms with Gasteiger partial charge in [-0.2, -0.15) is 0 Å². The fourth-order valence-electron chi connectivity index (χ4n) is 3.51. The van der Waals surface area contributed by atoms with E-state index >= 15 is 0 Å². The lowest BCUT2D eigenvalue weighted by molar-refractivity contribution is -0.139. The van der Waals surface area contributed by atoms with Crippen LogP contribution in [0.1, 0.15) is 44.7 Å². The zero-order valence-corrected chi connectivity index (χ0v) is 21.3. The molecule has 9 heteroatoms. The normalized spacial score (nSPS) is 12.3. The van der Waals surface area contributed by atoms with E-state index in [0.29, 0.717) is 22.8 Å². The van der Waals surface area contributed by atoms with Crippen molar-refractivity contribution in [1.82, 2.24) is 10.2 Å². The van der Waals surface area contributed by atoms with Gasteiger partial charge in [-0.05, 0) is 43.0 Å². The van der Waals surface area contributed by atoms with E-state index in [9.17, 15) is 18.0 Å². The Morgan fingerprint density at radius 2 is 1.64 bits per heavy atom. The van der Waals surface area contributed by atoms with Crippen molar-refractivity contribution in [1.29, 1.82) is 0 Å². The van der Waals surface area contributed by atoms with Gasteiger partial charge in [0.25, 0.3) is 0 Å². The number of amides is 2. The summed E-state index contributed by atoms with van der Waals surface area (Å²) in [5.41, 5.74) is 1.93. The molecule has 0 aliphatic heterocycles. The molecule has 0 radical (unpaired) electrons. The van der Waals surface area contributed by atoms with Crippen molar-refractivity contribution in [3.8, 4) is 0 Å². The van der Waals surface area contributed by atoms with Crippen molar-refractivity contribution < 1.29 is 18.0 Å². The van der Waals surface area contributed by atoms with Crippen LogP contribution in [0.15, 0.2) is 48.5 Å². The minimum atomic E-state index is -3.78. The molecule has 2 rings (SSSR count). The number of anilines is 1. The highest BCUT2D eigenvalue weighted by atomic mass is 35.5. The number of hydrogen-bond acceptors (Lipinski definition) is 4. The Labute approximate surface area is 201 Å². The summed E-state index contributed by atoms with van der Waals surface area (Å²) >= 11 is 6.30. The summed E-state index contributed by atoms with van der Waals surface area (Å²) in [6.07, 6.45) is 1.07. The molecule has 0 aliphatic rings. The number of sulfonamides is 1. The Morgan fingerprint density at radius 1 is 1.03 bits per heavy atom. The van der Waals surface area contributed by atoms with Crippen LogP contribution in [0.25, 0.3) is 0 Å². The number of benzene rings is 2. The molecular weight excluding hydrogens is 462 g/mol. The third-order valence-electron chi connectivity index (χ3n) is 5.32. The molecule has 2 amide bonds. The highest BCUT2D eigenvalue weighted by Crippen LogP contribution is 2.29. The van der Waals surface area contributed by atoms with Crippen molar-refractivity contribution in [3.05, 3.63) is 64.7 Å². The summed E-state index contributed by atoms with van der Waals surface area (Å²) in [6, 6.07) is 13.3. The average molecular weight is 494 g/mol. The topological polar surface area (TPSA) is 86.8 Å². The van der Waals surface area contributed by atoms with Crippen LogP contribution in [-0.4, -0.2) is 50.5 Å². The Morgan fingerprint density at radius 3 is 2.21 bits per heavy atom. The molecule has 7 nitrogen and oxygen atoms in total. The van der Waals surface area contributed by atoms with E-state index in [1.807, 2.05) is 26.0 Å². The van der Waals surface area contributed by atoms with Gasteiger partial charge in [-0.25, -0.2) is 8.42 Å².